The molecule has 2 aromatic carbocycles. The van der Waals surface area contributed by atoms with Crippen molar-refractivity contribution in [3.63, 3.8) is 0 Å². The number of hydrogen-bond acceptors (Lipinski definition) is 5. The Balaban J connectivity index is 1.65. The molecule has 0 aliphatic rings. The molecule has 0 aliphatic carbocycles. The predicted molar refractivity (Wildman–Crippen MR) is 122 cm³/mol. The predicted octanol–water partition coefficient (Wildman–Crippen LogP) is 5.78. The van der Waals surface area contributed by atoms with E-state index in [1.54, 1.807) is 12.1 Å². The number of nitrogens with zero attached hydrogens (tertiary/aromatic N) is 3. The maximum absolute atomic E-state index is 12.3. The van der Waals surface area contributed by atoms with Crippen LogP contribution in [0.25, 0.3) is 0 Å². The zero-order valence-electron chi connectivity index (χ0n) is 16.9. The van der Waals surface area contributed by atoms with E-state index in [-0.39, 0.29) is 17.8 Å². The zero-order chi connectivity index (χ0) is 21.7. The molecule has 0 spiro atoms. The van der Waals surface area contributed by atoms with Crippen LogP contribution in [0.5, 0.6) is 5.75 Å². The maximum Gasteiger partial charge on any atom is 0.234 e. The normalized spacial score (nSPS) is 11.9. The summed E-state index contributed by atoms with van der Waals surface area (Å²) in [5.41, 5.74) is 1.53. The van der Waals surface area contributed by atoms with Crippen molar-refractivity contribution in [3.8, 4) is 5.75 Å². The second kappa shape index (κ2) is 10.2. The molecule has 0 fully saturated rings. The van der Waals surface area contributed by atoms with Crippen LogP contribution in [-0.4, -0.2) is 26.4 Å². The second-order valence-corrected chi connectivity index (χ2v) is 8.33. The first-order chi connectivity index (χ1) is 14.4. The van der Waals surface area contributed by atoms with E-state index < -0.39 is 0 Å². The first kappa shape index (κ1) is 22.5. The van der Waals surface area contributed by atoms with Crippen molar-refractivity contribution >= 4 is 46.6 Å². The zero-order valence-corrected chi connectivity index (χ0v) is 19.2. The molecule has 6 nitrogen and oxygen atoms in total. The van der Waals surface area contributed by atoms with Crippen molar-refractivity contribution < 1.29 is 9.53 Å². The molecular formula is C21H22Cl2N4O2S. The summed E-state index contributed by atoms with van der Waals surface area (Å²) in [5, 5.41) is 13.2. The van der Waals surface area contributed by atoms with Crippen LogP contribution < -0.4 is 10.1 Å². The van der Waals surface area contributed by atoms with Gasteiger partial charge in [0.05, 0.1) is 16.5 Å². The van der Waals surface area contributed by atoms with E-state index in [4.69, 9.17) is 27.9 Å². The summed E-state index contributed by atoms with van der Waals surface area (Å²) in [6.07, 6.45) is -0.315. The van der Waals surface area contributed by atoms with Crippen LogP contribution in [0.2, 0.25) is 10.0 Å². The highest BCUT2D eigenvalue weighted by molar-refractivity contribution is 7.99. The Kier molecular flexibility index (Phi) is 7.64. The monoisotopic (exact) mass is 464 g/mol. The lowest BCUT2D eigenvalue weighted by atomic mass is 10.2. The van der Waals surface area contributed by atoms with E-state index in [1.165, 1.54) is 11.8 Å². The molecule has 1 amide bonds. The average Bonchev–Trinajstić information content (AvgIpc) is 3.14. The molecule has 3 aromatic rings. The number of aryl methyl sites for hydroxylation is 1. The van der Waals surface area contributed by atoms with Gasteiger partial charge in [0.15, 0.2) is 17.1 Å². The summed E-state index contributed by atoms with van der Waals surface area (Å²) in [6.45, 7) is 6.50. The molecule has 3 rings (SSSR count). The third-order valence-electron chi connectivity index (χ3n) is 4.35. The van der Waals surface area contributed by atoms with Gasteiger partial charge in [-0.25, -0.2) is 0 Å². The van der Waals surface area contributed by atoms with Crippen molar-refractivity contribution in [1.29, 1.82) is 0 Å². The Hall–Kier alpha value is -2.22. The smallest absolute Gasteiger partial charge is 0.234 e. The molecule has 158 valence electrons. The number of halogens is 2. The van der Waals surface area contributed by atoms with Crippen molar-refractivity contribution in [3.05, 3.63) is 63.9 Å². The number of ether oxygens (including phenoxy) is 1. The third kappa shape index (κ3) is 5.47. The second-order valence-electron chi connectivity index (χ2n) is 6.57. The fraction of sp³-hybridized carbons (Fsp3) is 0.286. The minimum atomic E-state index is -0.315. The number of para-hydroxylation sites is 1. The Labute approximate surface area is 189 Å². The molecule has 0 bridgehead atoms. The molecule has 0 saturated carbocycles. The Morgan fingerprint density at radius 2 is 1.97 bits per heavy atom. The molecule has 9 heteroatoms. The minimum absolute atomic E-state index is 0.166. The molecule has 1 N–H and O–H groups in total. The standard InChI is InChI=1S/C21H22Cl2N4O2S/c1-4-27-20(14(3)29-15-9-10-16(22)13(2)11-15)25-26-21(27)30-12-19(28)24-18-8-6-5-7-17(18)23/h5-11,14H,4,12H2,1-3H3,(H,24,28). The molecule has 1 aromatic heterocycles. The molecule has 0 radical (unpaired) electrons. The molecular weight excluding hydrogens is 443 g/mol. The number of benzene rings is 2. The van der Waals surface area contributed by atoms with Gasteiger partial charge in [0.1, 0.15) is 5.75 Å². The molecule has 1 unspecified atom stereocenters. The first-order valence-electron chi connectivity index (χ1n) is 9.42. The first-order valence-corrected chi connectivity index (χ1v) is 11.2. The fourth-order valence-electron chi connectivity index (χ4n) is 2.83. The van der Waals surface area contributed by atoms with E-state index >= 15 is 0 Å². The van der Waals surface area contributed by atoms with Crippen LogP contribution in [0.1, 0.15) is 31.3 Å². The highest BCUT2D eigenvalue weighted by atomic mass is 35.5. The summed E-state index contributed by atoms with van der Waals surface area (Å²) >= 11 is 13.5. The summed E-state index contributed by atoms with van der Waals surface area (Å²) in [7, 11) is 0. The number of anilines is 1. The maximum atomic E-state index is 12.3. The number of thioether (sulfide) groups is 1. The highest BCUT2D eigenvalue weighted by Crippen LogP contribution is 2.27. The van der Waals surface area contributed by atoms with E-state index in [0.29, 0.717) is 39.0 Å². The van der Waals surface area contributed by atoms with Crippen LogP contribution in [0.15, 0.2) is 47.6 Å². The molecule has 1 heterocycles. The van der Waals surface area contributed by atoms with Crippen LogP contribution in [0.4, 0.5) is 5.69 Å². The summed E-state index contributed by atoms with van der Waals surface area (Å²) in [6, 6.07) is 12.6. The minimum Gasteiger partial charge on any atom is -0.483 e. The van der Waals surface area contributed by atoms with Crippen LogP contribution >= 0.6 is 35.0 Å². The summed E-state index contributed by atoms with van der Waals surface area (Å²) in [4.78, 5) is 12.3. The van der Waals surface area contributed by atoms with Gasteiger partial charge in [-0.05, 0) is 56.7 Å². The SMILES string of the molecule is CCn1c(SCC(=O)Nc2ccccc2Cl)nnc1C(C)Oc1ccc(Cl)c(C)c1. The number of carbonyl (C=O) groups excluding carboxylic acids is 1. The van der Waals surface area contributed by atoms with E-state index in [2.05, 4.69) is 15.5 Å². The number of rotatable bonds is 8. The highest BCUT2D eigenvalue weighted by Gasteiger charge is 2.20. The topological polar surface area (TPSA) is 69.0 Å². The van der Waals surface area contributed by atoms with Gasteiger partial charge in [0, 0.05) is 11.6 Å². The summed E-state index contributed by atoms with van der Waals surface area (Å²) < 4.78 is 7.97. The fourth-order valence-corrected chi connectivity index (χ4v) is 3.94. The van der Waals surface area contributed by atoms with Gasteiger partial charge in [0.2, 0.25) is 5.91 Å². The van der Waals surface area contributed by atoms with Gasteiger partial charge in [-0.1, -0.05) is 47.1 Å². The van der Waals surface area contributed by atoms with E-state index in [9.17, 15) is 4.79 Å². The lowest BCUT2D eigenvalue weighted by Gasteiger charge is -2.16. The van der Waals surface area contributed by atoms with Gasteiger partial charge in [-0.3, -0.25) is 4.79 Å². The Bertz CT molecular complexity index is 1040. The van der Waals surface area contributed by atoms with Gasteiger partial charge in [0.25, 0.3) is 0 Å². The quantitative estimate of drug-likeness (QED) is 0.427. The average molecular weight is 465 g/mol. The number of amides is 1. The Morgan fingerprint density at radius 3 is 2.67 bits per heavy atom. The molecule has 0 aliphatic heterocycles. The van der Waals surface area contributed by atoms with Crippen LogP contribution in [0, 0.1) is 6.92 Å². The summed E-state index contributed by atoms with van der Waals surface area (Å²) in [5.74, 6) is 1.43. The van der Waals surface area contributed by atoms with Crippen molar-refractivity contribution in [1.82, 2.24) is 14.8 Å². The number of nitrogens with one attached hydrogen (secondary N) is 1. The van der Waals surface area contributed by atoms with Crippen molar-refractivity contribution in [2.24, 2.45) is 0 Å². The van der Waals surface area contributed by atoms with Crippen molar-refractivity contribution in [2.75, 3.05) is 11.1 Å². The van der Waals surface area contributed by atoms with Gasteiger partial charge >= 0.3 is 0 Å². The molecule has 30 heavy (non-hydrogen) atoms. The van der Waals surface area contributed by atoms with Gasteiger partial charge < -0.3 is 14.6 Å². The van der Waals surface area contributed by atoms with E-state index in [0.717, 1.165) is 5.56 Å². The third-order valence-corrected chi connectivity index (χ3v) is 6.07. The van der Waals surface area contributed by atoms with Crippen LogP contribution in [0.3, 0.4) is 0 Å². The van der Waals surface area contributed by atoms with E-state index in [1.807, 2.05) is 55.7 Å². The van der Waals surface area contributed by atoms with Crippen LogP contribution in [-0.2, 0) is 11.3 Å². The molecule has 0 saturated heterocycles. The molecule has 1 atom stereocenters. The Morgan fingerprint density at radius 1 is 1.20 bits per heavy atom. The van der Waals surface area contributed by atoms with Gasteiger partial charge in [-0.2, -0.15) is 0 Å². The largest absolute Gasteiger partial charge is 0.483 e. The van der Waals surface area contributed by atoms with Crippen molar-refractivity contribution in [2.45, 2.75) is 38.6 Å². The lowest BCUT2D eigenvalue weighted by Crippen LogP contribution is -2.15. The van der Waals surface area contributed by atoms with Gasteiger partial charge in [-0.15, -0.1) is 10.2 Å². The number of hydrogen-bond donors (Lipinski definition) is 1. The number of carbonyl (C=O) groups is 1. The lowest BCUT2D eigenvalue weighted by molar-refractivity contribution is -0.113. The number of aromatic nitrogens is 3.